The SMILES string of the molecule is Nc1nc2c(oc(=O)n2Cc2ccccc2)c(=O)[nH]1. The highest BCUT2D eigenvalue weighted by atomic mass is 16.4. The molecule has 0 saturated carbocycles. The molecule has 0 saturated heterocycles. The van der Waals surface area contributed by atoms with E-state index in [1.54, 1.807) is 0 Å². The Morgan fingerprint density at radius 2 is 2.00 bits per heavy atom. The van der Waals surface area contributed by atoms with Crippen molar-refractivity contribution in [3.8, 4) is 0 Å². The van der Waals surface area contributed by atoms with Crippen molar-refractivity contribution in [2.24, 2.45) is 0 Å². The molecule has 1 aromatic carbocycles. The predicted molar refractivity (Wildman–Crippen MR) is 68.8 cm³/mol. The molecule has 0 spiro atoms. The number of hydrogen-bond donors (Lipinski definition) is 2. The Morgan fingerprint density at radius 3 is 2.74 bits per heavy atom. The fourth-order valence-electron chi connectivity index (χ4n) is 1.88. The number of aromatic nitrogens is 3. The fraction of sp³-hybridized carbons (Fsp3) is 0.0833. The van der Waals surface area contributed by atoms with E-state index in [9.17, 15) is 9.59 Å². The topological polar surface area (TPSA) is 107 Å². The van der Waals surface area contributed by atoms with Gasteiger partial charge in [-0.25, -0.2) is 4.79 Å². The molecule has 0 radical (unpaired) electrons. The third kappa shape index (κ3) is 1.90. The zero-order chi connectivity index (χ0) is 13.4. The second-order valence-electron chi connectivity index (χ2n) is 4.04. The van der Waals surface area contributed by atoms with Crippen LogP contribution in [-0.2, 0) is 6.54 Å². The summed E-state index contributed by atoms with van der Waals surface area (Å²) in [5.41, 5.74) is 5.84. The number of nitrogens with zero attached hydrogens (tertiary/aromatic N) is 2. The number of nitrogen functional groups attached to an aromatic ring is 1. The Labute approximate surface area is 106 Å². The largest absolute Gasteiger partial charge is 0.421 e. The van der Waals surface area contributed by atoms with Crippen LogP contribution in [0.3, 0.4) is 0 Å². The van der Waals surface area contributed by atoms with Crippen molar-refractivity contribution in [1.82, 2.24) is 14.5 Å². The lowest BCUT2D eigenvalue weighted by Crippen LogP contribution is -2.16. The summed E-state index contributed by atoms with van der Waals surface area (Å²) >= 11 is 0. The van der Waals surface area contributed by atoms with Gasteiger partial charge in [-0.2, -0.15) is 4.98 Å². The third-order valence-corrected chi connectivity index (χ3v) is 2.73. The summed E-state index contributed by atoms with van der Waals surface area (Å²) in [5.74, 6) is -0.692. The van der Waals surface area contributed by atoms with Gasteiger partial charge in [0.1, 0.15) is 0 Å². The van der Waals surface area contributed by atoms with Crippen LogP contribution in [0.1, 0.15) is 5.56 Å². The van der Waals surface area contributed by atoms with E-state index >= 15 is 0 Å². The molecule has 19 heavy (non-hydrogen) atoms. The van der Waals surface area contributed by atoms with E-state index in [2.05, 4.69) is 9.97 Å². The van der Waals surface area contributed by atoms with E-state index < -0.39 is 11.3 Å². The molecular weight excluding hydrogens is 248 g/mol. The molecule has 0 aliphatic heterocycles. The van der Waals surface area contributed by atoms with Gasteiger partial charge in [0, 0.05) is 0 Å². The number of anilines is 1. The average molecular weight is 258 g/mol. The predicted octanol–water partition coefficient (Wildman–Crippen LogP) is 0.308. The van der Waals surface area contributed by atoms with Crippen molar-refractivity contribution in [3.05, 3.63) is 56.8 Å². The first-order valence-corrected chi connectivity index (χ1v) is 5.58. The average Bonchev–Trinajstić information content (AvgIpc) is 2.69. The molecule has 0 bridgehead atoms. The first-order valence-electron chi connectivity index (χ1n) is 5.58. The van der Waals surface area contributed by atoms with Gasteiger partial charge >= 0.3 is 5.76 Å². The monoisotopic (exact) mass is 258 g/mol. The van der Waals surface area contributed by atoms with Crippen molar-refractivity contribution >= 4 is 17.2 Å². The summed E-state index contributed by atoms with van der Waals surface area (Å²) in [4.78, 5) is 29.6. The Kier molecular flexibility index (Phi) is 2.45. The molecule has 3 aromatic rings. The number of aromatic amines is 1. The number of nitrogens with two attached hydrogens (primary N) is 1. The van der Waals surface area contributed by atoms with Crippen LogP contribution in [0.15, 0.2) is 44.3 Å². The number of benzene rings is 1. The molecule has 3 rings (SSSR count). The van der Waals surface area contributed by atoms with Gasteiger partial charge in [-0.1, -0.05) is 30.3 Å². The van der Waals surface area contributed by atoms with Crippen LogP contribution >= 0.6 is 0 Å². The van der Waals surface area contributed by atoms with Gasteiger partial charge in [0.15, 0.2) is 5.65 Å². The maximum atomic E-state index is 11.8. The van der Waals surface area contributed by atoms with Crippen LogP contribution in [0.5, 0.6) is 0 Å². The minimum absolute atomic E-state index is 0.0555. The number of H-pyrrole nitrogens is 1. The van der Waals surface area contributed by atoms with Gasteiger partial charge in [0.25, 0.3) is 5.56 Å². The number of rotatable bonds is 2. The molecule has 0 amide bonds. The smallest absolute Gasteiger partial charge is 0.400 e. The molecule has 7 heteroatoms. The van der Waals surface area contributed by atoms with E-state index in [1.165, 1.54) is 4.57 Å². The van der Waals surface area contributed by atoms with Crippen molar-refractivity contribution < 1.29 is 4.42 Å². The van der Waals surface area contributed by atoms with Crippen molar-refractivity contribution in [2.75, 3.05) is 5.73 Å². The number of nitrogens with one attached hydrogen (secondary N) is 1. The second kappa shape index (κ2) is 4.13. The number of hydrogen-bond acceptors (Lipinski definition) is 5. The van der Waals surface area contributed by atoms with Crippen molar-refractivity contribution in [1.29, 1.82) is 0 Å². The Bertz CT molecular complexity index is 845. The summed E-state index contributed by atoms with van der Waals surface area (Å²) in [5, 5.41) is 0. The maximum absolute atomic E-state index is 11.8. The van der Waals surface area contributed by atoms with Gasteiger partial charge in [0.2, 0.25) is 11.5 Å². The zero-order valence-electron chi connectivity index (χ0n) is 9.79. The van der Waals surface area contributed by atoms with Gasteiger partial charge in [0.05, 0.1) is 6.54 Å². The molecule has 0 fully saturated rings. The highest BCUT2D eigenvalue weighted by molar-refractivity contribution is 5.67. The van der Waals surface area contributed by atoms with Gasteiger partial charge < -0.3 is 10.2 Å². The third-order valence-electron chi connectivity index (χ3n) is 2.73. The highest BCUT2D eigenvalue weighted by Gasteiger charge is 2.14. The molecular formula is C12H10N4O3. The number of oxazole rings is 1. The molecule has 0 unspecified atom stereocenters. The van der Waals surface area contributed by atoms with E-state index in [0.29, 0.717) is 0 Å². The Hall–Kier alpha value is -2.83. The van der Waals surface area contributed by atoms with Crippen molar-refractivity contribution in [3.63, 3.8) is 0 Å². The van der Waals surface area contributed by atoms with Gasteiger partial charge in [-0.3, -0.25) is 14.3 Å². The Balaban J connectivity index is 2.21. The fourth-order valence-corrected chi connectivity index (χ4v) is 1.88. The molecule has 2 aromatic heterocycles. The highest BCUT2D eigenvalue weighted by Crippen LogP contribution is 2.09. The lowest BCUT2D eigenvalue weighted by molar-refractivity contribution is 0.515. The van der Waals surface area contributed by atoms with Gasteiger partial charge in [-0.05, 0) is 5.56 Å². The van der Waals surface area contributed by atoms with Crippen LogP contribution in [0, 0.1) is 0 Å². The summed E-state index contributed by atoms with van der Waals surface area (Å²) in [6, 6.07) is 9.32. The minimum Gasteiger partial charge on any atom is -0.400 e. The van der Waals surface area contributed by atoms with E-state index in [0.717, 1.165) is 5.56 Å². The standard InChI is InChI=1S/C12H10N4O3/c13-11-14-9-8(10(17)15-11)19-12(18)16(9)6-7-4-2-1-3-5-7/h1-5H,6H2,(H3,13,14,15,17). The lowest BCUT2D eigenvalue weighted by Gasteiger charge is -2.01. The first kappa shape index (κ1) is 11.3. The Morgan fingerprint density at radius 1 is 1.26 bits per heavy atom. The van der Waals surface area contributed by atoms with Crippen LogP contribution in [0.4, 0.5) is 5.95 Å². The van der Waals surface area contributed by atoms with E-state index in [1.807, 2.05) is 30.3 Å². The molecule has 3 N–H and O–H groups in total. The lowest BCUT2D eigenvalue weighted by atomic mass is 10.2. The molecule has 2 heterocycles. The van der Waals surface area contributed by atoms with Crippen molar-refractivity contribution in [2.45, 2.75) is 6.54 Å². The molecule has 96 valence electrons. The summed E-state index contributed by atoms with van der Waals surface area (Å²) in [7, 11) is 0. The summed E-state index contributed by atoms with van der Waals surface area (Å²) in [6.45, 7) is 0.266. The molecule has 0 aliphatic carbocycles. The molecule has 0 atom stereocenters. The first-order chi connectivity index (χ1) is 9.15. The van der Waals surface area contributed by atoms with Crippen LogP contribution in [0.2, 0.25) is 0 Å². The van der Waals surface area contributed by atoms with E-state index in [4.69, 9.17) is 10.2 Å². The normalized spacial score (nSPS) is 10.9. The second-order valence-corrected chi connectivity index (χ2v) is 4.04. The molecule has 7 nitrogen and oxygen atoms in total. The van der Waals surface area contributed by atoms with Crippen LogP contribution in [0.25, 0.3) is 11.2 Å². The van der Waals surface area contributed by atoms with Crippen LogP contribution < -0.4 is 17.0 Å². The summed E-state index contributed by atoms with van der Waals surface area (Å²) in [6.07, 6.45) is 0. The maximum Gasteiger partial charge on any atom is 0.421 e. The summed E-state index contributed by atoms with van der Waals surface area (Å²) < 4.78 is 6.18. The zero-order valence-corrected chi connectivity index (χ0v) is 9.79. The van der Waals surface area contributed by atoms with Gasteiger partial charge in [-0.15, -0.1) is 0 Å². The number of fused-ring (bicyclic) bond motifs is 1. The molecule has 0 aliphatic rings. The van der Waals surface area contributed by atoms with E-state index in [-0.39, 0.29) is 23.7 Å². The quantitative estimate of drug-likeness (QED) is 0.687. The van der Waals surface area contributed by atoms with Crippen LogP contribution in [-0.4, -0.2) is 14.5 Å². The minimum atomic E-state index is -0.637.